The lowest BCUT2D eigenvalue weighted by atomic mass is 10.1. The number of carboxylic acids is 1. The van der Waals surface area contributed by atoms with Crippen molar-refractivity contribution >= 4 is 31.9 Å². The molecule has 0 aliphatic heterocycles. The maximum atomic E-state index is 12.2. The van der Waals surface area contributed by atoms with Gasteiger partial charge in [0.2, 0.25) is 10.0 Å². The average Bonchev–Trinajstić information content (AvgIpc) is 2.82. The Bertz CT molecular complexity index is 646. The Balaban J connectivity index is 2.12. The highest BCUT2D eigenvalue weighted by Gasteiger charge is 2.25. The number of nitrogens with one attached hydrogen (secondary N) is 1. The van der Waals surface area contributed by atoms with Gasteiger partial charge in [-0.2, -0.15) is 0 Å². The molecule has 21 heavy (non-hydrogen) atoms. The summed E-state index contributed by atoms with van der Waals surface area (Å²) in [5.74, 6) is -1.08. The smallest absolute Gasteiger partial charge is 0.336 e. The number of halogens is 1. The molecule has 6 nitrogen and oxygen atoms in total. The summed E-state index contributed by atoms with van der Waals surface area (Å²) in [4.78, 5) is 10.9. The zero-order chi connectivity index (χ0) is 15.6. The fraction of sp³-hybridized carbons (Fsp3) is 0.462. The first kappa shape index (κ1) is 16.4. The van der Waals surface area contributed by atoms with E-state index in [0.717, 1.165) is 12.5 Å². The summed E-state index contributed by atoms with van der Waals surface area (Å²) in [5.41, 5.74) is -0.103. The lowest BCUT2D eigenvalue weighted by Crippen LogP contribution is -2.29. The molecule has 1 saturated carbocycles. The predicted molar refractivity (Wildman–Crippen MR) is 79.6 cm³/mol. The van der Waals surface area contributed by atoms with Crippen molar-refractivity contribution in [2.75, 3.05) is 6.54 Å². The molecule has 0 bridgehead atoms. The predicted octanol–water partition coefficient (Wildman–Crippen LogP) is 1.59. The number of benzene rings is 1. The lowest BCUT2D eigenvalue weighted by molar-refractivity contribution is 0.0695. The van der Waals surface area contributed by atoms with Gasteiger partial charge in [0.25, 0.3) is 0 Å². The van der Waals surface area contributed by atoms with Gasteiger partial charge in [0.05, 0.1) is 16.6 Å². The highest BCUT2D eigenvalue weighted by atomic mass is 79.9. The van der Waals surface area contributed by atoms with Gasteiger partial charge in [-0.1, -0.05) is 0 Å². The van der Waals surface area contributed by atoms with Crippen LogP contribution in [-0.4, -0.2) is 37.2 Å². The van der Waals surface area contributed by atoms with E-state index in [-0.39, 0.29) is 29.0 Å². The second kappa shape index (κ2) is 6.43. The number of aromatic carboxylic acids is 1. The number of hydrogen-bond acceptors (Lipinski definition) is 4. The summed E-state index contributed by atoms with van der Waals surface area (Å²) in [6, 6.07) is 3.87. The third kappa shape index (κ3) is 4.03. The van der Waals surface area contributed by atoms with Crippen molar-refractivity contribution in [1.82, 2.24) is 4.72 Å². The highest BCUT2D eigenvalue weighted by Crippen LogP contribution is 2.25. The first-order valence-corrected chi connectivity index (χ1v) is 8.78. The highest BCUT2D eigenvalue weighted by molar-refractivity contribution is 9.10. The Morgan fingerprint density at radius 1 is 1.38 bits per heavy atom. The van der Waals surface area contributed by atoms with Crippen molar-refractivity contribution in [2.45, 2.75) is 30.3 Å². The van der Waals surface area contributed by atoms with Gasteiger partial charge in [-0.3, -0.25) is 0 Å². The van der Waals surface area contributed by atoms with Crippen LogP contribution in [0.5, 0.6) is 0 Å². The van der Waals surface area contributed by atoms with Crippen LogP contribution in [0.1, 0.15) is 29.6 Å². The zero-order valence-electron chi connectivity index (χ0n) is 11.1. The van der Waals surface area contributed by atoms with Gasteiger partial charge in [-0.25, -0.2) is 17.9 Å². The van der Waals surface area contributed by atoms with Crippen molar-refractivity contribution in [1.29, 1.82) is 0 Å². The Labute approximate surface area is 131 Å². The van der Waals surface area contributed by atoms with E-state index in [2.05, 4.69) is 20.7 Å². The summed E-state index contributed by atoms with van der Waals surface area (Å²) < 4.78 is 27.2. The molecule has 0 spiro atoms. The maximum absolute atomic E-state index is 12.2. The van der Waals surface area contributed by atoms with Crippen LogP contribution in [0.4, 0.5) is 0 Å². The Morgan fingerprint density at radius 2 is 2.10 bits per heavy atom. The van der Waals surface area contributed by atoms with Crippen LogP contribution in [0.25, 0.3) is 0 Å². The van der Waals surface area contributed by atoms with Crippen molar-refractivity contribution in [3.63, 3.8) is 0 Å². The van der Waals surface area contributed by atoms with Gasteiger partial charge < -0.3 is 10.2 Å². The molecule has 116 valence electrons. The molecule has 0 radical (unpaired) electrons. The molecular formula is C13H16BrNO5S. The van der Waals surface area contributed by atoms with Crippen LogP contribution >= 0.6 is 15.9 Å². The fourth-order valence-corrected chi connectivity index (χ4v) is 3.94. The van der Waals surface area contributed by atoms with Gasteiger partial charge in [0, 0.05) is 11.0 Å². The molecule has 2 rings (SSSR count). The van der Waals surface area contributed by atoms with E-state index in [1.54, 1.807) is 0 Å². The molecule has 1 fully saturated rings. The standard InChI is InChI=1S/C13H16BrNO5S/c14-12-4-3-10(6-11(12)13(17)18)21(19,20)15-7-8-1-2-9(16)5-8/h3-4,6,8-9,15-16H,1-2,5,7H2,(H,17,18). The third-order valence-corrected chi connectivity index (χ3v) is 5.67. The van der Waals surface area contributed by atoms with Crippen molar-refractivity contribution < 1.29 is 23.4 Å². The van der Waals surface area contributed by atoms with E-state index in [9.17, 15) is 18.3 Å². The molecule has 1 aromatic carbocycles. The minimum absolute atomic E-state index is 0.0818. The second-order valence-corrected chi connectivity index (χ2v) is 7.75. The van der Waals surface area contributed by atoms with Gasteiger partial charge >= 0.3 is 5.97 Å². The molecule has 8 heteroatoms. The van der Waals surface area contributed by atoms with Gasteiger partial charge in [-0.05, 0) is 59.3 Å². The van der Waals surface area contributed by atoms with Crippen LogP contribution in [0.15, 0.2) is 27.6 Å². The average molecular weight is 378 g/mol. The molecule has 2 unspecified atom stereocenters. The molecule has 1 aliphatic carbocycles. The first-order chi connectivity index (χ1) is 9.79. The van der Waals surface area contributed by atoms with Crippen molar-refractivity contribution in [3.05, 3.63) is 28.2 Å². The molecule has 2 atom stereocenters. The molecule has 0 saturated heterocycles. The molecule has 1 aromatic rings. The van der Waals surface area contributed by atoms with Crippen LogP contribution in [0.2, 0.25) is 0 Å². The summed E-state index contributed by atoms with van der Waals surface area (Å²) in [7, 11) is -3.75. The lowest BCUT2D eigenvalue weighted by Gasteiger charge is -2.12. The normalized spacial score (nSPS) is 22.4. The Kier molecular flexibility index (Phi) is 5.03. The quantitative estimate of drug-likeness (QED) is 0.722. The number of rotatable bonds is 5. The number of hydrogen-bond donors (Lipinski definition) is 3. The number of aliphatic hydroxyl groups is 1. The topological polar surface area (TPSA) is 104 Å². The fourth-order valence-electron chi connectivity index (χ4n) is 2.38. The van der Waals surface area contributed by atoms with E-state index in [0.29, 0.717) is 17.3 Å². The van der Waals surface area contributed by atoms with Gasteiger partial charge in [0.1, 0.15) is 0 Å². The van der Waals surface area contributed by atoms with E-state index in [1.807, 2.05) is 0 Å². The molecule has 0 amide bonds. The number of carboxylic acid groups (broad SMARTS) is 1. The van der Waals surface area contributed by atoms with Crippen molar-refractivity contribution in [2.24, 2.45) is 5.92 Å². The zero-order valence-corrected chi connectivity index (χ0v) is 13.5. The molecule has 3 N–H and O–H groups in total. The molecule has 0 aromatic heterocycles. The largest absolute Gasteiger partial charge is 0.478 e. The molecule has 0 heterocycles. The number of carbonyl (C=O) groups is 1. The second-order valence-electron chi connectivity index (χ2n) is 5.13. The first-order valence-electron chi connectivity index (χ1n) is 6.50. The summed E-state index contributed by atoms with van der Waals surface area (Å²) in [6.45, 7) is 0.248. The minimum atomic E-state index is -3.75. The minimum Gasteiger partial charge on any atom is -0.478 e. The maximum Gasteiger partial charge on any atom is 0.336 e. The Hall–Kier alpha value is -0.960. The third-order valence-electron chi connectivity index (χ3n) is 3.55. The van der Waals surface area contributed by atoms with Crippen LogP contribution in [-0.2, 0) is 10.0 Å². The van der Waals surface area contributed by atoms with Crippen LogP contribution in [0, 0.1) is 5.92 Å². The van der Waals surface area contributed by atoms with E-state index in [4.69, 9.17) is 5.11 Å². The monoisotopic (exact) mass is 377 g/mol. The summed E-state index contributed by atoms with van der Waals surface area (Å²) >= 11 is 3.07. The van der Waals surface area contributed by atoms with Crippen LogP contribution < -0.4 is 4.72 Å². The Morgan fingerprint density at radius 3 is 2.67 bits per heavy atom. The summed E-state index contributed by atoms with van der Waals surface area (Å²) in [5, 5.41) is 18.4. The van der Waals surface area contributed by atoms with Crippen molar-refractivity contribution in [3.8, 4) is 0 Å². The van der Waals surface area contributed by atoms with E-state index in [1.165, 1.54) is 12.1 Å². The van der Waals surface area contributed by atoms with E-state index >= 15 is 0 Å². The van der Waals surface area contributed by atoms with Gasteiger partial charge in [0.15, 0.2) is 0 Å². The molecule has 1 aliphatic rings. The molecular weight excluding hydrogens is 362 g/mol. The summed E-state index contributed by atoms with van der Waals surface area (Å²) in [6.07, 6.45) is 1.70. The van der Waals surface area contributed by atoms with Gasteiger partial charge in [-0.15, -0.1) is 0 Å². The van der Waals surface area contributed by atoms with E-state index < -0.39 is 16.0 Å². The number of aliphatic hydroxyl groups excluding tert-OH is 1. The SMILES string of the molecule is O=C(O)c1cc(S(=O)(=O)NCC2CCC(O)C2)ccc1Br. The number of sulfonamides is 1. The van der Waals surface area contributed by atoms with Crippen LogP contribution in [0.3, 0.4) is 0 Å².